The summed E-state index contributed by atoms with van der Waals surface area (Å²) in [5.74, 6) is 1.02. The lowest BCUT2D eigenvalue weighted by Gasteiger charge is -1.85. The molecule has 0 aromatic carbocycles. The fourth-order valence-corrected chi connectivity index (χ4v) is 1.12. The quantitative estimate of drug-likeness (QED) is 0.597. The summed E-state index contributed by atoms with van der Waals surface area (Å²) in [6, 6.07) is 1.95. The van der Waals surface area contributed by atoms with Crippen molar-refractivity contribution in [1.29, 1.82) is 0 Å². The molecule has 1 heterocycles. The number of alkyl halides is 1. The Balaban J connectivity index is 2.92. The molecule has 1 rings (SSSR count). The maximum Gasteiger partial charge on any atom is 0.117 e. The average molecular weight is 175 g/mol. The van der Waals surface area contributed by atoms with Crippen LogP contribution in [0.5, 0.6) is 0 Å². The Hall–Kier alpha value is -0.240. The first-order chi connectivity index (χ1) is 3.84. The third kappa shape index (κ3) is 0.944. The van der Waals surface area contributed by atoms with Crippen LogP contribution < -0.4 is 0 Å². The van der Waals surface area contributed by atoms with Crippen molar-refractivity contribution in [2.45, 2.75) is 12.3 Å². The second kappa shape index (κ2) is 2.35. The Morgan fingerprint density at radius 1 is 1.75 bits per heavy atom. The molecule has 1 aromatic heterocycles. The van der Waals surface area contributed by atoms with E-state index in [0.29, 0.717) is 0 Å². The summed E-state index contributed by atoms with van der Waals surface area (Å²) in [4.78, 5) is 0. The molecule has 0 unspecified atom stereocenters. The molecule has 0 N–H and O–H groups in total. The topological polar surface area (TPSA) is 13.1 Å². The molecular formula is C6H7BrO. The van der Waals surface area contributed by atoms with Gasteiger partial charge < -0.3 is 4.42 Å². The molecule has 44 valence electrons. The fourth-order valence-electron chi connectivity index (χ4n) is 0.541. The van der Waals surface area contributed by atoms with Gasteiger partial charge in [0.05, 0.1) is 11.6 Å². The Morgan fingerprint density at radius 2 is 2.50 bits per heavy atom. The highest BCUT2D eigenvalue weighted by Gasteiger charge is 1.95. The van der Waals surface area contributed by atoms with Crippen LogP contribution in [-0.4, -0.2) is 0 Å². The number of halogens is 1. The molecule has 2 heteroatoms. The molecule has 0 aliphatic carbocycles. The highest BCUT2D eigenvalue weighted by atomic mass is 79.9. The molecule has 0 aliphatic heterocycles. The highest BCUT2D eigenvalue weighted by molar-refractivity contribution is 9.08. The van der Waals surface area contributed by atoms with Crippen molar-refractivity contribution in [3.05, 3.63) is 23.7 Å². The van der Waals surface area contributed by atoms with E-state index >= 15 is 0 Å². The molecule has 0 aliphatic rings. The average Bonchev–Trinajstić information content (AvgIpc) is 2.14. The van der Waals surface area contributed by atoms with Gasteiger partial charge in [-0.3, -0.25) is 0 Å². The van der Waals surface area contributed by atoms with Crippen LogP contribution >= 0.6 is 15.9 Å². The van der Waals surface area contributed by atoms with Crippen LogP contribution in [0.25, 0.3) is 0 Å². The van der Waals surface area contributed by atoms with Gasteiger partial charge in [-0.1, -0.05) is 15.9 Å². The Kier molecular flexibility index (Phi) is 1.73. The molecule has 0 saturated heterocycles. The Morgan fingerprint density at radius 3 is 2.75 bits per heavy atom. The molecule has 1 nitrogen and oxygen atoms in total. The largest absolute Gasteiger partial charge is 0.468 e. The van der Waals surface area contributed by atoms with Crippen molar-refractivity contribution in [1.82, 2.24) is 0 Å². The Bertz CT molecular complexity index is 169. The molecule has 1 aromatic rings. The fraction of sp³-hybridized carbons (Fsp3) is 0.333. The van der Waals surface area contributed by atoms with Crippen molar-refractivity contribution >= 4 is 15.9 Å². The maximum absolute atomic E-state index is 5.07. The molecule has 0 atom stereocenters. The standard InChI is InChI=1S/C6H7BrO/c1-5-2-3-8-6(5)4-7/h2-3H,4H2,1H3. The minimum atomic E-state index is 0.811. The van der Waals surface area contributed by atoms with Crippen molar-refractivity contribution in [3.63, 3.8) is 0 Å². The molecule has 0 spiro atoms. The second-order valence-corrected chi connectivity index (χ2v) is 2.22. The third-order valence-corrected chi connectivity index (χ3v) is 1.60. The number of furan rings is 1. The van der Waals surface area contributed by atoms with E-state index in [9.17, 15) is 0 Å². The lowest BCUT2D eigenvalue weighted by molar-refractivity contribution is 0.529. The highest BCUT2D eigenvalue weighted by Crippen LogP contribution is 2.11. The van der Waals surface area contributed by atoms with E-state index in [1.54, 1.807) is 6.26 Å². The summed E-state index contributed by atoms with van der Waals surface area (Å²) in [7, 11) is 0. The Labute approximate surface area is 56.8 Å². The van der Waals surface area contributed by atoms with Crippen molar-refractivity contribution in [3.8, 4) is 0 Å². The smallest absolute Gasteiger partial charge is 0.117 e. The van der Waals surface area contributed by atoms with Gasteiger partial charge in [-0.15, -0.1) is 0 Å². The van der Waals surface area contributed by atoms with Crippen molar-refractivity contribution in [2.24, 2.45) is 0 Å². The van der Waals surface area contributed by atoms with Crippen LogP contribution in [0.4, 0.5) is 0 Å². The number of aryl methyl sites for hydroxylation is 1. The van der Waals surface area contributed by atoms with Gasteiger partial charge in [-0.05, 0) is 18.6 Å². The second-order valence-electron chi connectivity index (χ2n) is 1.66. The molecule has 8 heavy (non-hydrogen) atoms. The molecule has 0 fully saturated rings. The molecule has 0 amide bonds. The normalized spacial score (nSPS) is 9.75. The van der Waals surface area contributed by atoms with Gasteiger partial charge in [0.15, 0.2) is 0 Å². The van der Waals surface area contributed by atoms with Crippen molar-refractivity contribution in [2.75, 3.05) is 0 Å². The summed E-state index contributed by atoms with van der Waals surface area (Å²) < 4.78 is 5.07. The van der Waals surface area contributed by atoms with Gasteiger partial charge in [-0.2, -0.15) is 0 Å². The summed E-state index contributed by atoms with van der Waals surface area (Å²) in [6.07, 6.45) is 1.70. The van der Waals surface area contributed by atoms with Crippen LogP contribution in [0.3, 0.4) is 0 Å². The van der Waals surface area contributed by atoms with Crippen LogP contribution in [0.2, 0.25) is 0 Å². The lowest BCUT2D eigenvalue weighted by Crippen LogP contribution is -1.71. The summed E-state index contributed by atoms with van der Waals surface area (Å²) in [5.41, 5.74) is 1.21. The predicted molar refractivity (Wildman–Crippen MR) is 36.1 cm³/mol. The SMILES string of the molecule is Cc1ccoc1CBr. The first-order valence-electron chi connectivity index (χ1n) is 2.43. The molecular weight excluding hydrogens is 168 g/mol. The van der Waals surface area contributed by atoms with Crippen LogP contribution in [-0.2, 0) is 5.33 Å². The van der Waals surface area contributed by atoms with E-state index in [4.69, 9.17) is 4.42 Å². The van der Waals surface area contributed by atoms with Gasteiger partial charge in [0.1, 0.15) is 5.76 Å². The third-order valence-electron chi connectivity index (χ3n) is 1.09. The zero-order valence-corrected chi connectivity index (χ0v) is 6.23. The summed E-state index contributed by atoms with van der Waals surface area (Å²) >= 11 is 3.29. The first-order valence-corrected chi connectivity index (χ1v) is 3.55. The van der Waals surface area contributed by atoms with E-state index in [0.717, 1.165) is 11.1 Å². The summed E-state index contributed by atoms with van der Waals surface area (Å²) in [5, 5.41) is 0.811. The maximum atomic E-state index is 5.07. The van der Waals surface area contributed by atoms with E-state index in [1.807, 2.05) is 13.0 Å². The zero-order chi connectivity index (χ0) is 5.98. The molecule has 0 saturated carbocycles. The van der Waals surface area contributed by atoms with Crippen molar-refractivity contribution < 1.29 is 4.42 Å². The van der Waals surface area contributed by atoms with Gasteiger partial charge in [0.25, 0.3) is 0 Å². The minimum Gasteiger partial charge on any atom is -0.468 e. The minimum absolute atomic E-state index is 0.811. The first kappa shape index (κ1) is 5.89. The van der Waals surface area contributed by atoms with Crippen LogP contribution in [0, 0.1) is 6.92 Å². The molecule has 0 bridgehead atoms. The van der Waals surface area contributed by atoms with E-state index in [1.165, 1.54) is 5.56 Å². The van der Waals surface area contributed by atoms with E-state index in [2.05, 4.69) is 15.9 Å². The van der Waals surface area contributed by atoms with E-state index < -0.39 is 0 Å². The van der Waals surface area contributed by atoms with Gasteiger partial charge in [-0.25, -0.2) is 0 Å². The number of hydrogen-bond acceptors (Lipinski definition) is 1. The van der Waals surface area contributed by atoms with E-state index in [-0.39, 0.29) is 0 Å². The van der Waals surface area contributed by atoms with Gasteiger partial charge in [0.2, 0.25) is 0 Å². The van der Waals surface area contributed by atoms with Crippen LogP contribution in [0.15, 0.2) is 16.7 Å². The predicted octanol–water partition coefficient (Wildman–Crippen LogP) is 2.48. The molecule has 0 radical (unpaired) electrons. The zero-order valence-electron chi connectivity index (χ0n) is 4.65. The van der Waals surface area contributed by atoms with Crippen LogP contribution in [0.1, 0.15) is 11.3 Å². The van der Waals surface area contributed by atoms with Gasteiger partial charge in [0, 0.05) is 0 Å². The lowest BCUT2D eigenvalue weighted by atomic mass is 10.3. The number of hydrogen-bond donors (Lipinski definition) is 0. The monoisotopic (exact) mass is 174 g/mol. The summed E-state index contributed by atoms with van der Waals surface area (Å²) in [6.45, 7) is 2.03. The van der Waals surface area contributed by atoms with Gasteiger partial charge >= 0.3 is 0 Å². The number of rotatable bonds is 1.